The zero-order chi connectivity index (χ0) is 32.7. The van der Waals surface area contributed by atoms with Gasteiger partial charge in [0, 0.05) is 37.3 Å². The van der Waals surface area contributed by atoms with Crippen molar-refractivity contribution in [3.05, 3.63) is 82.4 Å². The lowest BCUT2D eigenvalue weighted by atomic mass is 9.93. The van der Waals surface area contributed by atoms with E-state index >= 15 is 0 Å². The number of hydrogen-bond acceptors (Lipinski definition) is 6. The summed E-state index contributed by atoms with van der Waals surface area (Å²) >= 11 is 6.20. The number of anilines is 2. The third kappa shape index (κ3) is 9.77. The molecule has 2 unspecified atom stereocenters. The number of nitrogens with one attached hydrogen (secondary N) is 3. The van der Waals surface area contributed by atoms with Crippen molar-refractivity contribution < 1.29 is 31.5 Å². The molecule has 1 saturated heterocycles. The first-order valence-corrected chi connectivity index (χ1v) is 16.7. The zero-order valence-electron chi connectivity index (χ0n) is 24.9. The SMILES string of the molecule is CCCCC1CC(NC(=O)Nc2cc(C(N)=O)c(F)cc2F)CCN1Cc1ccc(Oc2ccc(NS(C)(=O)=O)c(Cl)c2)cc1. The maximum atomic E-state index is 14.2. The van der Waals surface area contributed by atoms with Gasteiger partial charge in [0.05, 0.1) is 28.2 Å². The predicted molar refractivity (Wildman–Crippen MR) is 170 cm³/mol. The van der Waals surface area contributed by atoms with E-state index in [9.17, 15) is 26.8 Å². The molecule has 3 amide bonds. The molecular formula is C31H36ClF2N5O5S. The molecule has 0 radical (unpaired) electrons. The lowest BCUT2D eigenvalue weighted by molar-refractivity contribution is 0.0996. The maximum Gasteiger partial charge on any atom is 0.319 e. The standard InChI is InChI=1S/C31H36ClF2N5O5S/c1-3-4-5-21-14-20(36-31(41)37-29-16-24(30(35)40)26(33)17-27(29)34)12-13-39(21)18-19-6-8-22(9-7-19)44-23-10-11-28(25(32)15-23)38-45(2,42)43/h6-11,15-17,20-21,38H,3-5,12-14,18H2,1-2H3,(H2,35,40)(H2,36,37,41). The van der Waals surface area contributed by atoms with E-state index in [0.717, 1.165) is 43.7 Å². The summed E-state index contributed by atoms with van der Waals surface area (Å²) in [5, 5.41) is 5.46. The summed E-state index contributed by atoms with van der Waals surface area (Å²) in [6, 6.07) is 13.1. The molecule has 14 heteroatoms. The number of urea groups is 1. The number of halogens is 3. The molecule has 2 atom stereocenters. The van der Waals surface area contributed by atoms with Gasteiger partial charge in [-0.1, -0.05) is 43.5 Å². The molecule has 1 aliphatic heterocycles. The van der Waals surface area contributed by atoms with E-state index in [0.29, 0.717) is 37.0 Å². The Labute approximate surface area is 266 Å². The Morgan fingerprint density at radius 1 is 1.04 bits per heavy atom. The molecule has 242 valence electrons. The van der Waals surface area contributed by atoms with Crippen molar-refractivity contribution in [1.82, 2.24) is 10.2 Å². The molecule has 0 bridgehead atoms. The monoisotopic (exact) mass is 663 g/mol. The summed E-state index contributed by atoms with van der Waals surface area (Å²) in [5.74, 6) is -2.12. The topological polar surface area (TPSA) is 143 Å². The molecule has 45 heavy (non-hydrogen) atoms. The Bertz CT molecular complexity index is 1640. The van der Waals surface area contributed by atoms with Crippen LogP contribution in [0.4, 0.5) is 25.0 Å². The highest BCUT2D eigenvalue weighted by atomic mass is 35.5. The number of sulfonamides is 1. The van der Waals surface area contributed by atoms with Crippen LogP contribution in [0, 0.1) is 11.6 Å². The lowest BCUT2D eigenvalue weighted by Crippen LogP contribution is -2.50. The van der Waals surface area contributed by atoms with Crippen LogP contribution in [0.5, 0.6) is 11.5 Å². The molecule has 0 saturated carbocycles. The van der Waals surface area contributed by atoms with Crippen LogP contribution in [0.2, 0.25) is 5.02 Å². The van der Waals surface area contributed by atoms with E-state index in [-0.39, 0.29) is 28.5 Å². The number of nitrogens with two attached hydrogens (primary N) is 1. The van der Waals surface area contributed by atoms with Crippen LogP contribution in [0.1, 0.15) is 54.9 Å². The van der Waals surface area contributed by atoms with E-state index < -0.39 is 39.2 Å². The van der Waals surface area contributed by atoms with Crippen molar-refractivity contribution in [2.45, 2.75) is 57.7 Å². The first-order chi connectivity index (χ1) is 21.3. The molecule has 1 fully saturated rings. The lowest BCUT2D eigenvalue weighted by Gasteiger charge is -2.40. The highest BCUT2D eigenvalue weighted by molar-refractivity contribution is 7.92. The third-order valence-electron chi connectivity index (χ3n) is 7.41. The van der Waals surface area contributed by atoms with E-state index in [1.807, 2.05) is 24.3 Å². The molecule has 0 aromatic heterocycles. The van der Waals surface area contributed by atoms with Gasteiger partial charge in [0.25, 0.3) is 5.91 Å². The molecule has 1 aliphatic rings. The number of unbranched alkanes of at least 4 members (excludes halogenated alkanes) is 1. The van der Waals surface area contributed by atoms with Crippen molar-refractivity contribution in [3.63, 3.8) is 0 Å². The summed E-state index contributed by atoms with van der Waals surface area (Å²) in [6.45, 7) is 3.54. The Morgan fingerprint density at radius 2 is 1.76 bits per heavy atom. The van der Waals surface area contributed by atoms with E-state index in [4.69, 9.17) is 22.1 Å². The number of carbonyl (C=O) groups is 2. The van der Waals surface area contributed by atoms with Crippen molar-refractivity contribution in [2.75, 3.05) is 22.8 Å². The number of likely N-dealkylation sites (tertiary alicyclic amines) is 1. The second kappa shape index (κ2) is 14.9. The summed E-state index contributed by atoms with van der Waals surface area (Å²) in [7, 11) is -3.46. The second-order valence-corrected chi connectivity index (χ2v) is 13.2. The Balaban J connectivity index is 1.34. The number of carbonyl (C=O) groups excluding carboxylic acids is 2. The predicted octanol–water partition coefficient (Wildman–Crippen LogP) is 6.23. The largest absolute Gasteiger partial charge is 0.457 e. The fraction of sp³-hybridized carbons (Fsp3) is 0.355. The zero-order valence-corrected chi connectivity index (χ0v) is 26.5. The van der Waals surface area contributed by atoms with Crippen LogP contribution in [-0.2, 0) is 16.6 Å². The van der Waals surface area contributed by atoms with Crippen LogP contribution < -0.4 is 25.8 Å². The average molecular weight is 664 g/mol. The summed E-state index contributed by atoms with van der Waals surface area (Å²) < 4.78 is 59.3. The Morgan fingerprint density at radius 3 is 2.40 bits per heavy atom. The summed E-state index contributed by atoms with van der Waals surface area (Å²) in [6.07, 6.45) is 5.39. The van der Waals surface area contributed by atoms with Crippen molar-refractivity contribution in [3.8, 4) is 11.5 Å². The van der Waals surface area contributed by atoms with E-state index in [1.165, 1.54) is 12.1 Å². The van der Waals surface area contributed by atoms with Gasteiger partial charge >= 0.3 is 6.03 Å². The van der Waals surface area contributed by atoms with Gasteiger partial charge in [-0.2, -0.15) is 0 Å². The maximum absolute atomic E-state index is 14.2. The van der Waals surface area contributed by atoms with E-state index in [1.54, 1.807) is 6.07 Å². The van der Waals surface area contributed by atoms with Gasteiger partial charge in [0.2, 0.25) is 10.0 Å². The van der Waals surface area contributed by atoms with Crippen LogP contribution >= 0.6 is 11.6 Å². The molecule has 4 rings (SSSR count). The minimum Gasteiger partial charge on any atom is -0.457 e. The van der Waals surface area contributed by atoms with Crippen LogP contribution in [0.3, 0.4) is 0 Å². The molecular weight excluding hydrogens is 628 g/mol. The fourth-order valence-electron chi connectivity index (χ4n) is 5.23. The summed E-state index contributed by atoms with van der Waals surface area (Å²) in [5.41, 5.74) is 5.63. The number of ether oxygens (including phenoxy) is 1. The first-order valence-electron chi connectivity index (χ1n) is 14.5. The number of hydrogen-bond donors (Lipinski definition) is 4. The quantitative estimate of drug-likeness (QED) is 0.181. The first kappa shape index (κ1) is 33.9. The molecule has 0 spiro atoms. The molecule has 0 aliphatic carbocycles. The molecule has 3 aromatic carbocycles. The number of benzene rings is 3. The van der Waals surface area contributed by atoms with Gasteiger partial charge in [0.15, 0.2) is 0 Å². The molecule has 3 aromatic rings. The van der Waals surface area contributed by atoms with Gasteiger partial charge in [-0.3, -0.25) is 14.4 Å². The van der Waals surface area contributed by atoms with Crippen molar-refractivity contribution in [2.24, 2.45) is 5.73 Å². The normalized spacial score (nSPS) is 17.0. The van der Waals surface area contributed by atoms with Gasteiger partial charge in [-0.05, 0) is 55.2 Å². The Kier molecular flexibility index (Phi) is 11.2. The number of piperidine rings is 1. The van der Waals surface area contributed by atoms with Crippen LogP contribution in [0.25, 0.3) is 0 Å². The van der Waals surface area contributed by atoms with Gasteiger partial charge in [-0.15, -0.1) is 0 Å². The Hall–Kier alpha value is -3.94. The number of rotatable bonds is 12. The minimum absolute atomic E-state index is 0.163. The molecule has 10 nitrogen and oxygen atoms in total. The van der Waals surface area contributed by atoms with Gasteiger partial charge in [0.1, 0.15) is 23.1 Å². The summed E-state index contributed by atoms with van der Waals surface area (Å²) in [4.78, 5) is 26.5. The average Bonchev–Trinajstić information content (AvgIpc) is 2.96. The smallest absolute Gasteiger partial charge is 0.319 e. The van der Waals surface area contributed by atoms with Crippen molar-refractivity contribution >= 4 is 44.9 Å². The highest BCUT2D eigenvalue weighted by Crippen LogP contribution is 2.31. The number of nitrogens with zero attached hydrogens (tertiary/aromatic N) is 1. The number of amides is 3. The molecule has 1 heterocycles. The third-order valence-corrected chi connectivity index (χ3v) is 8.32. The van der Waals surface area contributed by atoms with Gasteiger partial charge < -0.3 is 21.1 Å². The minimum atomic E-state index is -3.46. The number of primary amides is 1. The second-order valence-electron chi connectivity index (χ2n) is 11.0. The van der Waals surface area contributed by atoms with Crippen LogP contribution in [-0.4, -0.2) is 50.1 Å². The van der Waals surface area contributed by atoms with Crippen LogP contribution in [0.15, 0.2) is 54.6 Å². The fourth-order valence-corrected chi connectivity index (χ4v) is 6.08. The van der Waals surface area contributed by atoms with Gasteiger partial charge in [-0.25, -0.2) is 22.0 Å². The molecule has 5 N–H and O–H groups in total. The van der Waals surface area contributed by atoms with Crippen molar-refractivity contribution in [1.29, 1.82) is 0 Å². The van der Waals surface area contributed by atoms with E-state index in [2.05, 4.69) is 27.2 Å². The highest BCUT2D eigenvalue weighted by Gasteiger charge is 2.29.